The maximum atomic E-state index is 11.8. The summed E-state index contributed by atoms with van der Waals surface area (Å²) in [6.07, 6.45) is -0.460. The van der Waals surface area contributed by atoms with Gasteiger partial charge in [-0.2, -0.15) is 0 Å². The lowest BCUT2D eigenvalue weighted by Gasteiger charge is -2.27. The summed E-state index contributed by atoms with van der Waals surface area (Å²) in [4.78, 5) is 22.5. The van der Waals surface area contributed by atoms with Gasteiger partial charge in [0.15, 0.2) is 5.60 Å². The van der Waals surface area contributed by atoms with Crippen molar-refractivity contribution in [1.82, 2.24) is 0 Å². The molecule has 1 rings (SSSR count). The van der Waals surface area contributed by atoms with Crippen molar-refractivity contribution in [2.75, 3.05) is 7.11 Å². The molecule has 2 atom stereocenters. The second kappa shape index (κ2) is 5.81. The third-order valence-corrected chi connectivity index (χ3v) is 2.88. The van der Waals surface area contributed by atoms with Crippen LogP contribution in [0.15, 0.2) is 24.3 Å². The Kier molecular flexibility index (Phi) is 4.63. The molecule has 0 saturated carbocycles. The number of hydrogen-bond acceptors (Lipinski definition) is 5. The largest absolute Gasteiger partial charge is 0.480 e. The van der Waals surface area contributed by atoms with Crippen LogP contribution in [0.4, 0.5) is 0 Å². The number of carbonyl (C=O) groups is 2. The van der Waals surface area contributed by atoms with Crippen LogP contribution in [0, 0.1) is 6.92 Å². The third kappa shape index (κ3) is 3.30. The Bertz CT molecular complexity index is 470. The molecule has 0 fully saturated rings. The molecule has 0 aliphatic carbocycles. The van der Waals surface area contributed by atoms with E-state index in [4.69, 9.17) is 10.8 Å². The highest BCUT2D eigenvalue weighted by Gasteiger charge is 2.42. The van der Waals surface area contributed by atoms with Crippen LogP contribution < -0.4 is 5.73 Å². The number of esters is 1. The number of aliphatic hydroxyl groups is 1. The van der Waals surface area contributed by atoms with Gasteiger partial charge in [0.1, 0.15) is 6.04 Å². The number of aryl methyl sites for hydroxylation is 1. The van der Waals surface area contributed by atoms with E-state index in [1.165, 1.54) is 0 Å². The number of carbonyl (C=O) groups excluding carboxylic acids is 1. The van der Waals surface area contributed by atoms with Crippen LogP contribution >= 0.6 is 0 Å². The van der Waals surface area contributed by atoms with Crippen molar-refractivity contribution >= 4 is 11.9 Å². The summed E-state index contributed by atoms with van der Waals surface area (Å²) in [5.74, 6) is -2.23. The van der Waals surface area contributed by atoms with Crippen LogP contribution in [0.3, 0.4) is 0 Å². The fourth-order valence-corrected chi connectivity index (χ4v) is 1.72. The van der Waals surface area contributed by atoms with Gasteiger partial charge >= 0.3 is 11.9 Å². The number of aliphatic carboxylic acids is 1. The van der Waals surface area contributed by atoms with Gasteiger partial charge in [-0.05, 0) is 12.5 Å². The standard InChI is InChI=1S/C13H17NO5/c1-8-3-5-9(6-4-8)13(18,12(17)19-2)7-10(14)11(15)16/h3-6,10,18H,7,14H2,1-2H3,(H,15,16)/t10-,13-/m0/s1. The number of carboxylic acid groups (broad SMARTS) is 1. The van der Waals surface area contributed by atoms with Crippen LogP contribution in [0.1, 0.15) is 17.5 Å². The van der Waals surface area contributed by atoms with Gasteiger partial charge in [0.05, 0.1) is 7.11 Å². The average molecular weight is 267 g/mol. The van der Waals surface area contributed by atoms with E-state index in [9.17, 15) is 14.7 Å². The van der Waals surface area contributed by atoms with Crippen LogP contribution in [0.2, 0.25) is 0 Å². The highest BCUT2D eigenvalue weighted by Crippen LogP contribution is 2.28. The molecule has 1 aromatic carbocycles. The molecule has 19 heavy (non-hydrogen) atoms. The number of hydrogen-bond donors (Lipinski definition) is 3. The second-order valence-corrected chi connectivity index (χ2v) is 4.37. The predicted molar refractivity (Wildman–Crippen MR) is 67.3 cm³/mol. The van der Waals surface area contributed by atoms with Gasteiger partial charge in [-0.3, -0.25) is 4.79 Å². The molecular formula is C13H17NO5. The molecule has 0 spiro atoms. The van der Waals surface area contributed by atoms with Crippen molar-refractivity contribution < 1.29 is 24.5 Å². The Balaban J connectivity index is 3.16. The van der Waals surface area contributed by atoms with E-state index in [1.54, 1.807) is 24.3 Å². The summed E-state index contributed by atoms with van der Waals surface area (Å²) in [5.41, 5.74) is 4.52. The van der Waals surface area contributed by atoms with Gasteiger partial charge in [-0.25, -0.2) is 4.79 Å². The van der Waals surface area contributed by atoms with Crippen LogP contribution in [0.25, 0.3) is 0 Å². The first kappa shape index (κ1) is 15.1. The molecule has 1 aromatic rings. The van der Waals surface area contributed by atoms with Gasteiger partial charge in [-0.1, -0.05) is 29.8 Å². The van der Waals surface area contributed by atoms with Crippen LogP contribution in [-0.2, 0) is 19.9 Å². The topological polar surface area (TPSA) is 110 Å². The molecule has 6 nitrogen and oxygen atoms in total. The van der Waals surface area contributed by atoms with E-state index >= 15 is 0 Å². The Morgan fingerprint density at radius 2 is 1.89 bits per heavy atom. The first-order chi connectivity index (χ1) is 8.81. The van der Waals surface area contributed by atoms with Crippen molar-refractivity contribution in [2.45, 2.75) is 25.0 Å². The van der Waals surface area contributed by atoms with E-state index in [2.05, 4.69) is 4.74 Å². The van der Waals surface area contributed by atoms with Crippen molar-refractivity contribution in [3.8, 4) is 0 Å². The highest BCUT2D eigenvalue weighted by atomic mass is 16.5. The smallest absolute Gasteiger partial charge is 0.342 e. The summed E-state index contributed by atoms with van der Waals surface area (Å²) in [5, 5.41) is 19.2. The van der Waals surface area contributed by atoms with Crippen molar-refractivity contribution in [2.24, 2.45) is 5.73 Å². The van der Waals surface area contributed by atoms with Crippen molar-refractivity contribution in [1.29, 1.82) is 0 Å². The molecule has 0 aromatic heterocycles. The summed E-state index contributed by atoms with van der Waals surface area (Å²) in [6, 6.07) is 5.12. The summed E-state index contributed by atoms with van der Waals surface area (Å²) < 4.78 is 4.54. The average Bonchev–Trinajstić information content (AvgIpc) is 2.38. The van der Waals surface area contributed by atoms with E-state index < -0.39 is 30.0 Å². The number of rotatable bonds is 5. The maximum absolute atomic E-state index is 11.8. The lowest BCUT2D eigenvalue weighted by molar-refractivity contribution is -0.166. The normalized spacial score (nSPS) is 15.4. The predicted octanol–water partition coefficient (Wildman–Crippen LogP) is 0.158. The van der Waals surface area contributed by atoms with Gasteiger partial charge in [0.25, 0.3) is 0 Å². The summed E-state index contributed by atoms with van der Waals surface area (Å²) in [6.45, 7) is 1.85. The van der Waals surface area contributed by atoms with E-state index in [0.29, 0.717) is 0 Å². The highest BCUT2D eigenvalue weighted by molar-refractivity contribution is 5.83. The van der Waals surface area contributed by atoms with Gasteiger partial charge in [-0.15, -0.1) is 0 Å². The molecule has 0 unspecified atom stereocenters. The van der Waals surface area contributed by atoms with Gasteiger partial charge in [0.2, 0.25) is 0 Å². The lowest BCUT2D eigenvalue weighted by Crippen LogP contribution is -2.45. The summed E-state index contributed by atoms with van der Waals surface area (Å²) in [7, 11) is 1.12. The Labute approximate surface area is 110 Å². The second-order valence-electron chi connectivity index (χ2n) is 4.37. The van der Waals surface area contributed by atoms with Gasteiger partial charge in [0, 0.05) is 6.42 Å². The SMILES string of the molecule is COC(=O)[C@](O)(C[C@H](N)C(=O)O)c1ccc(C)cc1. The number of carboxylic acids is 1. The summed E-state index contributed by atoms with van der Waals surface area (Å²) >= 11 is 0. The van der Waals surface area contributed by atoms with E-state index in [-0.39, 0.29) is 5.56 Å². The van der Waals surface area contributed by atoms with Crippen molar-refractivity contribution in [3.05, 3.63) is 35.4 Å². The molecule has 0 radical (unpaired) electrons. The maximum Gasteiger partial charge on any atom is 0.342 e. The van der Waals surface area contributed by atoms with Crippen LogP contribution in [-0.4, -0.2) is 35.3 Å². The Hall–Kier alpha value is -1.92. The first-order valence-electron chi connectivity index (χ1n) is 5.67. The van der Waals surface area contributed by atoms with E-state index in [1.807, 2.05) is 6.92 Å². The number of nitrogens with two attached hydrogens (primary N) is 1. The zero-order valence-electron chi connectivity index (χ0n) is 10.8. The van der Waals surface area contributed by atoms with Gasteiger partial charge < -0.3 is 20.7 Å². The van der Waals surface area contributed by atoms with Crippen LogP contribution in [0.5, 0.6) is 0 Å². The first-order valence-corrected chi connectivity index (χ1v) is 5.67. The quantitative estimate of drug-likeness (QED) is 0.655. The monoisotopic (exact) mass is 267 g/mol. The molecule has 0 amide bonds. The fourth-order valence-electron chi connectivity index (χ4n) is 1.72. The molecule has 0 aliphatic heterocycles. The third-order valence-electron chi connectivity index (χ3n) is 2.88. The number of benzene rings is 1. The molecule has 0 aliphatic rings. The Morgan fingerprint density at radius 3 is 2.32 bits per heavy atom. The minimum Gasteiger partial charge on any atom is -0.480 e. The molecule has 0 heterocycles. The minimum atomic E-state index is -2.07. The molecule has 0 bridgehead atoms. The Morgan fingerprint density at radius 1 is 1.37 bits per heavy atom. The number of ether oxygens (including phenoxy) is 1. The molecular weight excluding hydrogens is 250 g/mol. The minimum absolute atomic E-state index is 0.252. The van der Waals surface area contributed by atoms with Crippen molar-refractivity contribution in [3.63, 3.8) is 0 Å². The lowest BCUT2D eigenvalue weighted by atomic mass is 9.87. The zero-order valence-corrected chi connectivity index (χ0v) is 10.8. The van der Waals surface area contributed by atoms with E-state index in [0.717, 1.165) is 12.7 Å². The molecule has 0 saturated heterocycles. The zero-order chi connectivity index (χ0) is 14.6. The number of methoxy groups -OCH3 is 1. The fraction of sp³-hybridized carbons (Fsp3) is 0.385. The molecule has 104 valence electrons. The molecule has 4 N–H and O–H groups in total. The molecule has 6 heteroatoms.